The van der Waals surface area contributed by atoms with Gasteiger partial charge in [0.25, 0.3) is 0 Å². The zero-order valence-electron chi connectivity index (χ0n) is 27.3. The quantitative estimate of drug-likeness (QED) is 0.146. The Labute approximate surface area is 282 Å². The van der Waals surface area contributed by atoms with Crippen molar-refractivity contribution in [1.29, 1.82) is 0 Å². The van der Waals surface area contributed by atoms with Crippen molar-refractivity contribution >= 4 is 29.4 Å². The van der Waals surface area contributed by atoms with Crippen LogP contribution in [0.4, 0.5) is 11.4 Å². The minimum atomic E-state index is -0.331. The largest absolute Gasteiger partial charge is 0.462 e. The standard InChI is InChI=1S/C42H40N2O4/c1-3-47-41(45)32-19-23-35(24-20-32)43-40-37-18-12-11-17-34(37)29-38(39(40)31-15-9-6-10-16-31)44(28-27-30-13-7-5-8-14-30)36-25-21-33(22-26-36)42(46)48-4-2/h5-28,38-40,43H,3-4,29H2,1-2H3/b28-27+/t38-,39-,40-/m1/s1. The number of anilines is 2. The molecule has 0 bridgehead atoms. The molecule has 6 nitrogen and oxygen atoms in total. The van der Waals surface area contributed by atoms with Gasteiger partial charge in [-0.1, -0.05) is 84.9 Å². The van der Waals surface area contributed by atoms with Crippen molar-refractivity contribution in [3.05, 3.63) is 173 Å². The fourth-order valence-electron chi connectivity index (χ4n) is 6.52. The predicted molar refractivity (Wildman–Crippen MR) is 192 cm³/mol. The number of rotatable bonds is 11. The van der Waals surface area contributed by atoms with Crippen molar-refractivity contribution in [3.8, 4) is 0 Å². The monoisotopic (exact) mass is 636 g/mol. The van der Waals surface area contributed by atoms with Crippen LogP contribution in [-0.4, -0.2) is 31.2 Å². The molecule has 0 unspecified atom stereocenters. The summed E-state index contributed by atoms with van der Waals surface area (Å²) < 4.78 is 10.5. The Bertz CT molecular complexity index is 1840. The molecule has 0 radical (unpaired) electrons. The van der Waals surface area contributed by atoms with E-state index in [-0.39, 0.29) is 29.9 Å². The smallest absolute Gasteiger partial charge is 0.338 e. The second-order valence-electron chi connectivity index (χ2n) is 11.7. The van der Waals surface area contributed by atoms with Crippen molar-refractivity contribution in [2.45, 2.75) is 38.3 Å². The lowest BCUT2D eigenvalue weighted by molar-refractivity contribution is 0.0517. The van der Waals surface area contributed by atoms with Gasteiger partial charge in [0.05, 0.1) is 30.4 Å². The van der Waals surface area contributed by atoms with Crippen LogP contribution in [0.15, 0.2) is 140 Å². The number of nitrogens with one attached hydrogen (secondary N) is 1. The van der Waals surface area contributed by atoms with E-state index in [1.807, 2.05) is 86.6 Å². The zero-order valence-corrected chi connectivity index (χ0v) is 27.3. The number of carbonyl (C=O) groups excluding carboxylic acids is 2. The lowest BCUT2D eigenvalue weighted by atomic mass is 9.72. The number of nitrogens with zero attached hydrogens (tertiary/aromatic N) is 1. The SMILES string of the molecule is CCOC(=O)c1ccc(N[C@@H]2c3ccccc3C[C@@H](N(/C=C/c3ccccc3)c3ccc(C(=O)OCC)cc3)[C@H]2c2ccccc2)cc1. The Kier molecular flexibility index (Phi) is 10.3. The molecule has 1 N–H and O–H groups in total. The highest BCUT2D eigenvalue weighted by molar-refractivity contribution is 5.90. The molecule has 0 aromatic heterocycles. The van der Waals surface area contributed by atoms with Gasteiger partial charge in [-0.2, -0.15) is 0 Å². The van der Waals surface area contributed by atoms with Gasteiger partial charge in [0, 0.05) is 29.5 Å². The van der Waals surface area contributed by atoms with Gasteiger partial charge in [-0.25, -0.2) is 9.59 Å². The van der Waals surface area contributed by atoms with Crippen molar-refractivity contribution in [1.82, 2.24) is 0 Å². The zero-order chi connectivity index (χ0) is 33.3. The van der Waals surface area contributed by atoms with Gasteiger partial charge in [-0.05, 0) is 97.1 Å². The highest BCUT2D eigenvalue weighted by Gasteiger charge is 2.40. The number of carbonyl (C=O) groups is 2. The highest BCUT2D eigenvalue weighted by Crippen LogP contribution is 2.46. The van der Waals surface area contributed by atoms with Gasteiger partial charge in [-0.15, -0.1) is 0 Å². The maximum Gasteiger partial charge on any atom is 0.338 e. The molecule has 0 spiro atoms. The maximum absolute atomic E-state index is 12.5. The van der Waals surface area contributed by atoms with E-state index in [0.717, 1.165) is 23.4 Å². The molecule has 242 valence electrons. The lowest BCUT2D eigenvalue weighted by Gasteiger charge is -2.45. The second kappa shape index (κ2) is 15.3. The number of benzene rings is 5. The summed E-state index contributed by atoms with van der Waals surface area (Å²) in [6, 6.07) is 44.6. The average Bonchev–Trinajstić information content (AvgIpc) is 3.13. The van der Waals surface area contributed by atoms with E-state index in [1.165, 1.54) is 16.7 Å². The van der Waals surface area contributed by atoms with Gasteiger partial charge in [0.2, 0.25) is 0 Å². The minimum absolute atomic E-state index is 0.00740. The first-order chi connectivity index (χ1) is 23.6. The molecule has 1 aliphatic carbocycles. The van der Waals surface area contributed by atoms with Crippen molar-refractivity contribution in [2.75, 3.05) is 23.4 Å². The Balaban J connectivity index is 1.45. The molecule has 6 heteroatoms. The molecule has 0 aliphatic heterocycles. The van der Waals surface area contributed by atoms with E-state index in [9.17, 15) is 9.59 Å². The summed E-state index contributed by atoms with van der Waals surface area (Å²) in [5, 5.41) is 3.87. The van der Waals surface area contributed by atoms with Crippen molar-refractivity contribution in [2.24, 2.45) is 0 Å². The Morgan fingerprint density at radius 1 is 0.708 bits per heavy atom. The number of hydrogen-bond donors (Lipinski definition) is 1. The molecule has 1 aliphatic rings. The van der Waals surface area contributed by atoms with Gasteiger partial charge in [0.15, 0.2) is 0 Å². The molecule has 0 heterocycles. The first kappa shape index (κ1) is 32.3. The molecule has 5 aromatic carbocycles. The minimum Gasteiger partial charge on any atom is -0.462 e. The topological polar surface area (TPSA) is 67.9 Å². The van der Waals surface area contributed by atoms with Crippen LogP contribution in [0.2, 0.25) is 0 Å². The normalized spacial score (nSPS) is 16.9. The molecule has 0 saturated carbocycles. The number of hydrogen-bond acceptors (Lipinski definition) is 6. The molecule has 6 rings (SSSR count). The number of fused-ring (bicyclic) bond motifs is 1. The van der Waals surface area contributed by atoms with E-state index >= 15 is 0 Å². The highest BCUT2D eigenvalue weighted by atomic mass is 16.5. The van der Waals surface area contributed by atoms with Crippen LogP contribution in [0.3, 0.4) is 0 Å². The maximum atomic E-state index is 12.5. The van der Waals surface area contributed by atoms with Gasteiger partial charge in [0.1, 0.15) is 0 Å². The molecular formula is C42H40N2O4. The lowest BCUT2D eigenvalue weighted by Crippen LogP contribution is -2.45. The van der Waals surface area contributed by atoms with Crippen LogP contribution in [0.5, 0.6) is 0 Å². The van der Waals surface area contributed by atoms with E-state index in [2.05, 4.69) is 83.2 Å². The summed E-state index contributed by atoms with van der Waals surface area (Å²) in [7, 11) is 0. The summed E-state index contributed by atoms with van der Waals surface area (Å²) >= 11 is 0. The Morgan fingerprint density at radius 3 is 1.90 bits per heavy atom. The predicted octanol–water partition coefficient (Wildman–Crippen LogP) is 9.08. The number of ether oxygens (including phenoxy) is 2. The van der Waals surface area contributed by atoms with E-state index in [0.29, 0.717) is 24.3 Å². The van der Waals surface area contributed by atoms with Crippen LogP contribution >= 0.6 is 0 Å². The molecule has 0 fully saturated rings. The first-order valence-electron chi connectivity index (χ1n) is 16.5. The number of esters is 2. The van der Waals surface area contributed by atoms with Gasteiger partial charge < -0.3 is 19.7 Å². The summed E-state index contributed by atoms with van der Waals surface area (Å²) in [5.74, 6) is -0.650. The summed E-state index contributed by atoms with van der Waals surface area (Å²) in [6.07, 6.45) is 5.10. The van der Waals surface area contributed by atoms with Gasteiger partial charge >= 0.3 is 11.9 Å². The molecule has 0 amide bonds. The fraction of sp³-hybridized carbons (Fsp3) is 0.190. The molecule has 48 heavy (non-hydrogen) atoms. The van der Waals surface area contributed by atoms with Crippen molar-refractivity contribution in [3.63, 3.8) is 0 Å². The summed E-state index contributed by atoms with van der Waals surface area (Å²) in [5.41, 5.74) is 7.72. The van der Waals surface area contributed by atoms with Crippen LogP contribution in [-0.2, 0) is 15.9 Å². The molecule has 3 atom stereocenters. The Hall–Kier alpha value is -5.62. The third kappa shape index (κ3) is 7.34. The summed E-state index contributed by atoms with van der Waals surface area (Å²) in [6.45, 7) is 4.28. The fourth-order valence-corrected chi connectivity index (χ4v) is 6.52. The van der Waals surface area contributed by atoms with Crippen molar-refractivity contribution < 1.29 is 19.1 Å². The van der Waals surface area contributed by atoms with Crippen LogP contribution in [0.25, 0.3) is 6.08 Å². The molecule has 5 aromatic rings. The third-order valence-corrected chi connectivity index (χ3v) is 8.76. The van der Waals surface area contributed by atoms with E-state index in [4.69, 9.17) is 9.47 Å². The van der Waals surface area contributed by atoms with Gasteiger partial charge in [-0.3, -0.25) is 0 Å². The second-order valence-corrected chi connectivity index (χ2v) is 11.7. The first-order valence-corrected chi connectivity index (χ1v) is 16.5. The third-order valence-electron chi connectivity index (χ3n) is 8.76. The average molecular weight is 637 g/mol. The summed E-state index contributed by atoms with van der Waals surface area (Å²) in [4.78, 5) is 27.3. The molecular weight excluding hydrogens is 596 g/mol. The van der Waals surface area contributed by atoms with E-state index < -0.39 is 0 Å². The van der Waals surface area contributed by atoms with Crippen LogP contribution in [0, 0.1) is 0 Å². The van der Waals surface area contributed by atoms with Crippen LogP contribution in [0.1, 0.15) is 68.8 Å². The van der Waals surface area contributed by atoms with Crippen LogP contribution < -0.4 is 10.2 Å². The van der Waals surface area contributed by atoms with E-state index in [1.54, 1.807) is 0 Å². The Morgan fingerprint density at radius 2 is 1.27 bits per heavy atom. The molecule has 0 saturated heterocycles.